The van der Waals surface area contributed by atoms with Gasteiger partial charge in [-0.3, -0.25) is 4.79 Å². The summed E-state index contributed by atoms with van der Waals surface area (Å²) in [5.41, 5.74) is 4.96. The Morgan fingerprint density at radius 2 is 1.50 bits per heavy atom. The van der Waals surface area contributed by atoms with E-state index in [2.05, 4.69) is 16.3 Å². The van der Waals surface area contributed by atoms with E-state index >= 15 is 0 Å². The summed E-state index contributed by atoms with van der Waals surface area (Å²) in [4.78, 5) is 12.5. The molecule has 2 rings (SSSR count). The van der Waals surface area contributed by atoms with Crippen LogP contribution in [0.25, 0.3) is 0 Å². The number of aromatic nitrogens is 2. The molecule has 0 aliphatic rings. The monoisotopic (exact) mass is 240 g/mol. The number of benzene rings is 1. The van der Waals surface area contributed by atoms with Gasteiger partial charge in [0.15, 0.2) is 5.78 Å². The van der Waals surface area contributed by atoms with Gasteiger partial charge in [0.1, 0.15) is 0 Å². The molecule has 1 aromatic carbocycles. The van der Waals surface area contributed by atoms with Gasteiger partial charge >= 0.3 is 0 Å². The fraction of sp³-hybridized carbons (Fsp3) is 0.267. The number of rotatable bonds is 2. The van der Waals surface area contributed by atoms with Crippen LogP contribution >= 0.6 is 0 Å². The van der Waals surface area contributed by atoms with Crippen molar-refractivity contribution in [2.45, 2.75) is 27.7 Å². The first kappa shape index (κ1) is 12.4. The topological polar surface area (TPSA) is 42.9 Å². The molecule has 18 heavy (non-hydrogen) atoms. The molecule has 0 aliphatic heterocycles. The molecular formula is C15H16N2O. The van der Waals surface area contributed by atoms with Crippen LogP contribution in [-0.4, -0.2) is 16.0 Å². The Morgan fingerprint density at radius 1 is 0.889 bits per heavy atom. The zero-order valence-electron chi connectivity index (χ0n) is 11.1. The third-order valence-corrected chi connectivity index (χ3v) is 2.83. The first-order valence-electron chi connectivity index (χ1n) is 5.91. The van der Waals surface area contributed by atoms with Crippen LogP contribution in [0.1, 0.15) is 38.4 Å². The molecule has 3 heteroatoms. The van der Waals surface area contributed by atoms with E-state index in [9.17, 15) is 4.79 Å². The van der Waals surface area contributed by atoms with Crippen LogP contribution in [0, 0.1) is 27.7 Å². The average molecular weight is 240 g/mol. The fourth-order valence-electron chi connectivity index (χ4n) is 2.04. The van der Waals surface area contributed by atoms with Crippen molar-refractivity contribution in [3.05, 3.63) is 57.9 Å². The van der Waals surface area contributed by atoms with Gasteiger partial charge in [-0.15, -0.1) is 0 Å². The number of hydrogen-bond donors (Lipinski definition) is 0. The minimum atomic E-state index is 0.0114. The number of carbonyl (C=O) groups excluding carboxylic acids is 1. The lowest BCUT2D eigenvalue weighted by molar-refractivity contribution is 0.103. The molecule has 3 nitrogen and oxygen atoms in total. The fourth-order valence-corrected chi connectivity index (χ4v) is 2.04. The Labute approximate surface area is 107 Å². The van der Waals surface area contributed by atoms with E-state index in [0.29, 0.717) is 16.8 Å². The number of nitrogens with zero attached hydrogens (tertiary/aromatic N) is 2. The second kappa shape index (κ2) is 4.69. The molecule has 0 fully saturated rings. The summed E-state index contributed by atoms with van der Waals surface area (Å²) in [6.45, 7) is 7.63. The van der Waals surface area contributed by atoms with E-state index in [4.69, 9.17) is 0 Å². The molecule has 0 bridgehead atoms. The maximum absolute atomic E-state index is 12.5. The highest BCUT2D eigenvalue weighted by Crippen LogP contribution is 2.16. The highest BCUT2D eigenvalue weighted by Gasteiger charge is 2.14. The Kier molecular flexibility index (Phi) is 3.24. The molecule has 0 amide bonds. The third kappa shape index (κ3) is 2.45. The van der Waals surface area contributed by atoms with Crippen molar-refractivity contribution in [2.24, 2.45) is 0 Å². The van der Waals surface area contributed by atoms with Crippen molar-refractivity contribution < 1.29 is 4.79 Å². The van der Waals surface area contributed by atoms with Gasteiger partial charge in [-0.2, -0.15) is 10.2 Å². The first-order valence-corrected chi connectivity index (χ1v) is 5.91. The summed E-state index contributed by atoms with van der Waals surface area (Å²) in [7, 11) is 0. The smallest absolute Gasteiger partial charge is 0.194 e. The van der Waals surface area contributed by atoms with E-state index in [0.717, 1.165) is 16.8 Å². The summed E-state index contributed by atoms with van der Waals surface area (Å²) >= 11 is 0. The Hall–Kier alpha value is -2.03. The molecule has 1 aromatic heterocycles. The zero-order chi connectivity index (χ0) is 13.3. The van der Waals surface area contributed by atoms with Crippen LogP contribution < -0.4 is 0 Å². The highest BCUT2D eigenvalue weighted by atomic mass is 16.1. The quantitative estimate of drug-likeness (QED) is 0.758. The SMILES string of the molecule is Cc1cc(C)cc(C(=O)c2cc(C)nnc2C)c1. The van der Waals surface area contributed by atoms with Gasteiger partial charge in [0.05, 0.1) is 11.4 Å². The minimum Gasteiger partial charge on any atom is -0.289 e. The Balaban J connectivity index is 2.51. The van der Waals surface area contributed by atoms with Gasteiger partial charge in [0.2, 0.25) is 0 Å². The van der Waals surface area contributed by atoms with Gasteiger partial charge in [0.25, 0.3) is 0 Å². The summed E-state index contributed by atoms with van der Waals surface area (Å²) in [6, 6.07) is 7.66. The molecule has 0 atom stereocenters. The van der Waals surface area contributed by atoms with Crippen LogP contribution in [0.3, 0.4) is 0 Å². The molecule has 1 heterocycles. The van der Waals surface area contributed by atoms with E-state index in [1.165, 1.54) is 0 Å². The van der Waals surface area contributed by atoms with E-state index in [1.54, 1.807) is 6.07 Å². The maximum Gasteiger partial charge on any atom is 0.194 e. The van der Waals surface area contributed by atoms with Crippen molar-refractivity contribution in [1.29, 1.82) is 0 Å². The van der Waals surface area contributed by atoms with Crippen molar-refractivity contribution in [3.8, 4) is 0 Å². The van der Waals surface area contributed by atoms with Gasteiger partial charge in [0, 0.05) is 11.1 Å². The number of carbonyl (C=O) groups is 1. The van der Waals surface area contributed by atoms with Crippen LogP contribution in [0.5, 0.6) is 0 Å². The molecule has 0 spiro atoms. The highest BCUT2D eigenvalue weighted by molar-refractivity contribution is 6.09. The predicted molar refractivity (Wildman–Crippen MR) is 70.9 cm³/mol. The third-order valence-electron chi connectivity index (χ3n) is 2.83. The van der Waals surface area contributed by atoms with E-state index in [1.807, 2.05) is 39.8 Å². The molecule has 0 saturated heterocycles. The number of aryl methyl sites for hydroxylation is 4. The number of hydrogen-bond acceptors (Lipinski definition) is 3. The lowest BCUT2D eigenvalue weighted by Crippen LogP contribution is -2.07. The second-order valence-electron chi connectivity index (χ2n) is 4.69. The average Bonchev–Trinajstić information content (AvgIpc) is 2.30. The summed E-state index contributed by atoms with van der Waals surface area (Å²) in [6.07, 6.45) is 0. The Bertz CT molecular complexity index is 598. The molecular weight excluding hydrogens is 224 g/mol. The summed E-state index contributed by atoms with van der Waals surface area (Å²) in [5.74, 6) is 0.0114. The van der Waals surface area contributed by atoms with Gasteiger partial charge in [-0.1, -0.05) is 17.2 Å². The van der Waals surface area contributed by atoms with Gasteiger partial charge in [-0.05, 0) is 45.9 Å². The van der Waals surface area contributed by atoms with Crippen molar-refractivity contribution in [3.63, 3.8) is 0 Å². The first-order chi connectivity index (χ1) is 8.47. The summed E-state index contributed by atoms with van der Waals surface area (Å²) in [5, 5.41) is 7.95. The van der Waals surface area contributed by atoms with Crippen LogP contribution in [0.2, 0.25) is 0 Å². The molecule has 0 N–H and O–H groups in total. The lowest BCUT2D eigenvalue weighted by Gasteiger charge is -2.06. The van der Waals surface area contributed by atoms with E-state index in [-0.39, 0.29) is 5.78 Å². The second-order valence-corrected chi connectivity index (χ2v) is 4.69. The minimum absolute atomic E-state index is 0.0114. The zero-order valence-corrected chi connectivity index (χ0v) is 11.1. The molecule has 0 saturated carbocycles. The van der Waals surface area contributed by atoms with Crippen molar-refractivity contribution in [2.75, 3.05) is 0 Å². The van der Waals surface area contributed by atoms with Crippen molar-refractivity contribution >= 4 is 5.78 Å². The summed E-state index contributed by atoms with van der Waals surface area (Å²) < 4.78 is 0. The predicted octanol–water partition coefficient (Wildman–Crippen LogP) is 2.94. The largest absolute Gasteiger partial charge is 0.289 e. The molecule has 92 valence electrons. The molecule has 2 aromatic rings. The van der Waals surface area contributed by atoms with Gasteiger partial charge < -0.3 is 0 Å². The van der Waals surface area contributed by atoms with Crippen LogP contribution in [0.4, 0.5) is 0 Å². The van der Waals surface area contributed by atoms with Crippen LogP contribution in [-0.2, 0) is 0 Å². The molecule has 0 unspecified atom stereocenters. The van der Waals surface area contributed by atoms with Crippen molar-refractivity contribution in [1.82, 2.24) is 10.2 Å². The molecule has 0 aliphatic carbocycles. The lowest BCUT2D eigenvalue weighted by atomic mass is 9.99. The molecule has 0 radical (unpaired) electrons. The Morgan fingerprint density at radius 3 is 2.11 bits per heavy atom. The van der Waals surface area contributed by atoms with Gasteiger partial charge in [-0.25, -0.2) is 0 Å². The van der Waals surface area contributed by atoms with Crippen LogP contribution in [0.15, 0.2) is 24.3 Å². The standard InChI is InChI=1S/C15H16N2O/c1-9-5-10(2)7-13(6-9)15(18)14-8-11(3)16-17-12(14)4/h5-8H,1-4H3. The number of ketones is 1. The maximum atomic E-state index is 12.5. The normalized spacial score (nSPS) is 10.4. The van der Waals surface area contributed by atoms with E-state index < -0.39 is 0 Å².